The molecule has 2 aliphatic rings. The Labute approximate surface area is 173 Å². The van der Waals surface area contributed by atoms with Gasteiger partial charge in [0.15, 0.2) is 5.54 Å². The highest BCUT2D eigenvalue weighted by Crippen LogP contribution is 2.38. The summed E-state index contributed by atoms with van der Waals surface area (Å²) in [7, 11) is -3.13. The van der Waals surface area contributed by atoms with Crippen LogP contribution in [0, 0.1) is 11.3 Å². The smallest absolute Gasteiger partial charge is 0.211 e. The highest BCUT2D eigenvalue weighted by Gasteiger charge is 2.37. The van der Waals surface area contributed by atoms with Crippen LogP contribution in [0.4, 0.5) is 0 Å². The van der Waals surface area contributed by atoms with Gasteiger partial charge in [0, 0.05) is 45.1 Å². The van der Waals surface area contributed by atoms with E-state index in [1.807, 2.05) is 24.3 Å². The maximum absolute atomic E-state index is 11.7. The van der Waals surface area contributed by atoms with E-state index in [1.54, 1.807) is 18.6 Å². The van der Waals surface area contributed by atoms with Gasteiger partial charge >= 0.3 is 0 Å². The summed E-state index contributed by atoms with van der Waals surface area (Å²) < 4.78 is 24.9. The van der Waals surface area contributed by atoms with Crippen LogP contribution in [0.2, 0.25) is 0 Å². The molecule has 10 heteroatoms. The fraction of sp³-hybridized carbons (Fsp3) is 0.368. The second-order valence-electron chi connectivity index (χ2n) is 7.03. The molecule has 0 aliphatic carbocycles. The number of sulfonamides is 1. The molecule has 1 saturated heterocycles. The van der Waals surface area contributed by atoms with Crippen molar-refractivity contribution in [2.75, 3.05) is 32.4 Å². The van der Waals surface area contributed by atoms with Crippen LogP contribution in [0.5, 0.6) is 0 Å². The third kappa shape index (κ3) is 4.00. The van der Waals surface area contributed by atoms with Crippen LogP contribution in [0.1, 0.15) is 21.1 Å². The first-order chi connectivity index (χ1) is 13.9. The summed E-state index contributed by atoms with van der Waals surface area (Å²) in [6.45, 7) is 3.09. The van der Waals surface area contributed by atoms with Crippen molar-refractivity contribution in [2.24, 2.45) is 4.99 Å². The van der Waals surface area contributed by atoms with Gasteiger partial charge in [-0.1, -0.05) is 0 Å². The fourth-order valence-electron chi connectivity index (χ4n) is 3.53. The van der Waals surface area contributed by atoms with Crippen LogP contribution in [-0.4, -0.2) is 66.2 Å². The van der Waals surface area contributed by atoms with Crippen LogP contribution in [0.25, 0.3) is 0 Å². The molecular weight excluding hydrogens is 408 g/mol. The van der Waals surface area contributed by atoms with E-state index < -0.39 is 15.6 Å². The number of allylic oxidation sites excluding steroid dienone is 1. The predicted octanol–water partition coefficient (Wildman–Crippen LogP) is 1.37. The van der Waals surface area contributed by atoms with Gasteiger partial charge in [0.2, 0.25) is 10.0 Å². The average Bonchev–Trinajstić information content (AvgIpc) is 3.38. The minimum atomic E-state index is -3.13. The van der Waals surface area contributed by atoms with Crippen LogP contribution in [-0.2, 0) is 22.1 Å². The number of aliphatic imine (C=N–C) groups is 1. The van der Waals surface area contributed by atoms with Crippen molar-refractivity contribution in [3.63, 3.8) is 0 Å². The molecule has 1 fully saturated rings. The van der Waals surface area contributed by atoms with Gasteiger partial charge in [-0.3, -0.25) is 14.9 Å². The first kappa shape index (κ1) is 19.8. The number of hydrogen-bond acceptors (Lipinski definition) is 8. The van der Waals surface area contributed by atoms with Crippen LogP contribution in [0.3, 0.4) is 0 Å². The van der Waals surface area contributed by atoms with Gasteiger partial charge in [0.1, 0.15) is 16.0 Å². The zero-order chi connectivity index (χ0) is 20.5. The number of hydrogen-bond donors (Lipinski definition) is 0. The highest BCUT2D eigenvalue weighted by atomic mass is 32.2. The highest BCUT2D eigenvalue weighted by molar-refractivity contribution is 7.88. The molecular formula is C19H20N6O2S2. The molecule has 0 saturated carbocycles. The summed E-state index contributed by atoms with van der Waals surface area (Å²) in [5, 5.41) is 9.86. The average molecular weight is 429 g/mol. The molecule has 2 aromatic heterocycles. The zero-order valence-electron chi connectivity index (χ0n) is 15.9. The van der Waals surface area contributed by atoms with Gasteiger partial charge in [0.25, 0.3) is 0 Å². The van der Waals surface area contributed by atoms with E-state index in [1.165, 1.54) is 21.9 Å². The molecule has 1 atom stereocenters. The number of thiazole rings is 1. The standard InChI is InChI=1S/C19H20N6O2S2/c1-29(26,27)25-9-7-24(8-10-25)14-15-3-6-21-17(11-15)19(4-2-5-23-19)18-22-13-16(12-20)28-18/h2-6,11,13H,7-10,14H2,1H3. The molecule has 29 heavy (non-hydrogen) atoms. The van der Waals surface area contributed by atoms with Crippen LogP contribution in [0.15, 0.2) is 41.7 Å². The minimum absolute atomic E-state index is 0.504. The van der Waals surface area contributed by atoms with E-state index in [0.717, 1.165) is 11.3 Å². The number of piperazine rings is 1. The van der Waals surface area contributed by atoms with E-state index >= 15 is 0 Å². The third-order valence-electron chi connectivity index (χ3n) is 5.06. The van der Waals surface area contributed by atoms with Gasteiger partial charge in [-0.05, 0) is 29.8 Å². The first-order valence-corrected chi connectivity index (χ1v) is 11.8. The molecule has 0 amide bonds. The minimum Gasteiger partial charge on any atom is -0.296 e. The number of aromatic nitrogens is 2. The lowest BCUT2D eigenvalue weighted by Gasteiger charge is -2.33. The second kappa shape index (κ2) is 7.76. The Kier molecular flexibility index (Phi) is 5.31. The number of nitriles is 1. The third-order valence-corrected chi connectivity index (χ3v) is 7.39. The molecule has 8 nitrogen and oxygen atoms in total. The zero-order valence-corrected chi connectivity index (χ0v) is 17.5. The Balaban J connectivity index is 1.55. The normalized spacial score (nSPS) is 22.8. The fourth-order valence-corrected chi connectivity index (χ4v) is 5.21. The Morgan fingerprint density at radius 2 is 2.07 bits per heavy atom. The first-order valence-electron chi connectivity index (χ1n) is 9.13. The molecule has 4 heterocycles. The van der Waals surface area contributed by atoms with Crippen molar-refractivity contribution >= 4 is 27.6 Å². The second-order valence-corrected chi connectivity index (χ2v) is 10.0. The molecule has 150 valence electrons. The topological polar surface area (TPSA) is 103 Å². The SMILES string of the molecule is CS(=O)(=O)N1CCN(Cc2ccnc(C3(c4ncc(C#N)s4)C=CC=N3)c2)CC1. The molecule has 2 aliphatic heterocycles. The summed E-state index contributed by atoms with van der Waals surface area (Å²) in [6.07, 6.45) is 10.1. The molecule has 1 unspecified atom stereocenters. The van der Waals surface area contributed by atoms with Crippen molar-refractivity contribution in [3.8, 4) is 6.07 Å². The summed E-state index contributed by atoms with van der Waals surface area (Å²) >= 11 is 1.32. The van der Waals surface area contributed by atoms with E-state index in [4.69, 9.17) is 5.26 Å². The largest absolute Gasteiger partial charge is 0.296 e. The summed E-state index contributed by atoms with van der Waals surface area (Å²) in [5.74, 6) is 0. The molecule has 0 aromatic carbocycles. The molecule has 4 rings (SSSR count). The molecule has 0 radical (unpaired) electrons. The van der Waals surface area contributed by atoms with Crippen LogP contribution < -0.4 is 0 Å². The van der Waals surface area contributed by atoms with Gasteiger partial charge in [-0.25, -0.2) is 13.4 Å². The molecule has 0 N–H and O–H groups in total. The van der Waals surface area contributed by atoms with Crippen molar-refractivity contribution in [2.45, 2.75) is 12.1 Å². The van der Waals surface area contributed by atoms with E-state index in [9.17, 15) is 8.42 Å². The van der Waals surface area contributed by atoms with E-state index in [0.29, 0.717) is 42.6 Å². The number of pyridine rings is 1. The van der Waals surface area contributed by atoms with Crippen LogP contribution >= 0.6 is 11.3 Å². The monoisotopic (exact) mass is 428 g/mol. The lowest BCUT2D eigenvalue weighted by molar-refractivity contribution is 0.182. The van der Waals surface area contributed by atoms with Crippen molar-refractivity contribution in [1.82, 2.24) is 19.2 Å². The predicted molar refractivity (Wildman–Crippen MR) is 111 cm³/mol. The molecule has 2 aromatic rings. The van der Waals surface area contributed by atoms with Crippen molar-refractivity contribution in [3.05, 3.63) is 57.8 Å². The summed E-state index contributed by atoms with van der Waals surface area (Å²) in [5.41, 5.74) is 1.04. The van der Waals surface area contributed by atoms with Gasteiger partial charge in [0.05, 0.1) is 18.1 Å². The van der Waals surface area contributed by atoms with Gasteiger partial charge < -0.3 is 0 Å². The Bertz CT molecular complexity index is 1100. The van der Waals surface area contributed by atoms with E-state index in [-0.39, 0.29) is 0 Å². The Morgan fingerprint density at radius 1 is 1.28 bits per heavy atom. The lowest BCUT2D eigenvalue weighted by Crippen LogP contribution is -2.47. The van der Waals surface area contributed by atoms with E-state index in [2.05, 4.69) is 25.9 Å². The van der Waals surface area contributed by atoms with Gasteiger partial charge in [-0.2, -0.15) is 9.57 Å². The lowest BCUT2D eigenvalue weighted by atomic mass is 9.95. The quantitative estimate of drug-likeness (QED) is 0.713. The summed E-state index contributed by atoms with van der Waals surface area (Å²) in [4.78, 5) is 16.4. The maximum Gasteiger partial charge on any atom is 0.211 e. The Hall–Kier alpha value is -2.45. The van der Waals surface area contributed by atoms with Gasteiger partial charge in [-0.15, -0.1) is 11.3 Å². The number of nitrogens with zero attached hydrogens (tertiary/aromatic N) is 6. The molecule has 0 spiro atoms. The maximum atomic E-state index is 11.7. The van der Waals surface area contributed by atoms with Crippen molar-refractivity contribution in [1.29, 1.82) is 5.26 Å². The number of rotatable bonds is 5. The molecule has 0 bridgehead atoms. The summed E-state index contributed by atoms with van der Waals surface area (Å²) in [6, 6.07) is 6.11. The van der Waals surface area contributed by atoms with Crippen molar-refractivity contribution < 1.29 is 8.42 Å². The Morgan fingerprint density at radius 3 is 2.69 bits per heavy atom.